The van der Waals surface area contributed by atoms with Crippen LogP contribution in [0.25, 0.3) is 0 Å². The quantitative estimate of drug-likeness (QED) is 0.663. The van der Waals surface area contributed by atoms with Gasteiger partial charge in [-0.1, -0.05) is 6.92 Å². The first-order chi connectivity index (χ1) is 5.95. The fraction of sp³-hybridized carbons (Fsp3) is 0.667. The average Bonchev–Trinajstić information content (AvgIpc) is 2.24. The Morgan fingerprint density at radius 2 is 2.23 bits per heavy atom. The Kier molecular flexibility index (Phi) is 2.61. The van der Waals surface area contributed by atoms with Crippen LogP contribution in [0.5, 0.6) is 0 Å². The Labute approximate surface area is 77.1 Å². The van der Waals surface area contributed by atoms with Crippen LogP contribution < -0.4 is 0 Å². The molecule has 1 unspecified atom stereocenters. The molecule has 1 rings (SSSR count). The first kappa shape index (κ1) is 10.1. The highest BCUT2D eigenvalue weighted by atomic mass is 16.8. The van der Waals surface area contributed by atoms with E-state index in [0.717, 1.165) is 0 Å². The van der Waals surface area contributed by atoms with Gasteiger partial charge in [-0.15, -0.1) is 0 Å². The normalized spacial score (nSPS) is 25.5. The molecule has 1 fully saturated rings. The molecule has 0 bridgehead atoms. The minimum Gasteiger partial charge on any atom is -0.420 e. The van der Waals surface area contributed by atoms with E-state index in [1.807, 2.05) is 6.92 Å². The summed E-state index contributed by atoms with van der Waals surface area (Å²) in [7, 11) is 0. The number of aliphatic hydroxyl groups excluding tert-OH is 1. The van der Waals surface area contributed by atoms with Crippen LogP contribution in [-0.2, 0) is 9.47 Å². The van der Waals surface area contributed by atoms with Crippen LogP contribution in [0, 0.1) is 5.92 Å². The topological polar surface area (TPSA) is 55.8 Å². The molecule has 0 aliphatic carbocycles. The number of aliphatic hydroxyl groups is 1. The molecule has 4 heteroatoms. The van der Waals surface area contributed by atoms with Gasteiger partial charge in [0, 0.05) is 12.5 Å². The predicted octanol–water partition coefficient (Wildman–Crippen LogP) is 1.44. The second-order valence-electron chi connectivity index (χ2n) is 3.66. The molecule has 1 atom stereocenters. The lowest BCUT2D eigenvalue weighted by molar-refractivity contribution is 0.0871. The molecule has 1 aliphatic rings. The van der Waals surface area contributed by atoms with Crippen molar-refractivity contribution in [3.63, 3.8) is 0 Å². The Bertz CT molecular complexity index is 242. The maximum atomic E-state index is 10.8. The van der Waals surface area contributed by atoms with Crippen molar-refractivity contribution in [1.82, 2.24) is 0 Å². The third kappa shape index (κ3) is 2.21. The van der Waals surface area contributed by atoms with Gasteiger partial charge in [-0.3, -0.25) is 0 Å². The molecule has 4 nitrogen and oxygen atoms in total. The van der Waals surface area contributed by atoms with Crippen molar-refractivity contribution in [2.75, 3.05) is 6.61 Å². The minimum atomic E-state index is -0.708. The monoisotopic (exact) mass is 186 g/mol. The molecular weight excluding hydrogens is 172 g/mol. The van der Waals surface area contributed by atoms with E-state index in [4.69, 9.17) is 14.6 Å². The highest BCUT2D eigenvalue weighted by Gasteiger charge is 2.39. The molecule has 13 heavy (non-hydrogen) atoms. The van der Waals surface area contributed by atoms with Crippen molar-refractivity contribution in [3.8, 4) is 0 Å². The van der Waals surface area contributed by atoms with Crippen LogP contribution in [0.3, 0.4) is 0 Å². The van der Waals surface area contributed by atoms with Crippen molar-refractivity contribution in [2.45, 2.75) is 26.4 Å². The smallest absolute Gasteiger partial charge is 0.420 e. The summed E-state index contributed by atoms with van der Waals surface area (Å²) < 4.78 is 9.73. The predicted molar refractivity (Wildman–Crippen MR) is 46.0 cm³/mol. The van der Waals surface area contributed by atoms with Gasteiger partial charge in [-0.05, 0) is 19.9 Å². The largest absolute Gasteiger partial charge is 0.514 e. The summed E-state index contributed by atoms with van der Waals surface area (Å²) >= 11 is 0. The second kappa shape index (κ2) is 3.38. The van der Waals surface area contributed by atoms with Crippen LogP contribution in [-0.4, -0.2) is 23.5 Å². The van der Waals surface area contributed by atoms with Crippen molar-refractivity contribution in [1.29, 1.82) is 0 Å². The van der Waals surface area contributed by atoms with Crippen molar-refractivity contribution in [2.24, 2.45) is 5.92 Å². The molecule has 0 aromatic carbocycles. The maximum absolute atomic E-state index is 10.8. The molecule has 0 aromatic heterocycles. The molecule has 1 N–H and O–H groups in total. The number of rotatable bonds is 2. The number of carbonyl (C=O) groups excluding carboxylic acids is 1. The number of hydrogen-bond donors (Lipinski definition) is 1. The van der Waals surface area contributed by atoms with E-state index >= 15 is 0 Å². The van der Waals surface area contributed by atoms with E-state index in [9.17, 15) is 4.79 Å². The van der Waals surface area contributed by atoms with E-state index in [0.29, 0.717) is 5.76 Å². The summed E-state index contributed by atoms with van der Waals surface area (Å²) in [4.78, 5) is 10.8. The van der Waals surface area contributed by atoms with Crippen LogP contribution >= 0.6 is 0 Å². The van der Waals surface area contributed by atoms with E-state index in [2.05, 4.69) is 0 Å². The summed E-state index contributed by atoms with van der Waals surface area (Å²) in [6.07, 6.45) is 1.02. The van der Waals surface area contributed by atoms with Gasteiger partial charge in [-0.2, -0.15) is 0 Å². The van der Waals surface area contributed by atoms with Gasteiger partial charge in [0.25, 0.3) is 0 Å². The van der Waals surface area contributed by atoms with Gasteiger partial charge in [-0.25, -0.2) is 4.79 Å². The molecule has 0 spiro atoms. The molecular formula is C9H14O4. The molecule has 0 radical (unpaired) electrons. The van der Waals surface area contributed by atoms with Crippen molar-refractivity contribution >= 4 is 6.16 Å². The Morgan fingerprint density at radius 1 is 1.62 bits per heavy atom. The summed E-state index contributed by atoms with van der Waals surface area (Å²) in [6.45, 7) is 5.34. The summed E-state index contributed by atoms with van der Waals surface area (Å²) in [5, 5.41) is 8.81. The number of cyclic esters (lactones) is 2. The van der Waals surface area contributed by atoms with Crippen LogP contribution in [0.2, 0.25) is 0 Å². The average molecular weight is 186 g/mol. The molecule has 1 aliphatic heterocycles. The summed E-state index contributed by atoms with van der Waals surface area (Å²) in [5.41, 5.74) is -0.708. The maximum Gasteiger partial charge on any atom is 0.514 e. The molecule has 0 saturated carbocycles. The zero-order chi connectivity index (χ0) is 10.1. The number of ether oxygens (including phenoxy) is 2. The van der Waals surface area contributed by atoms with E-state index in [-0.39, 0.29) is 12.5 Å². The number of hydrogen-bond acceptors (Lipinski definition) is 4. The third-order valence-corrected chi connectivity index (χ3v) is 1.85. The molecule has 0 aromatic rings. The zero-order valence-corrected chi connectivity index (χ0v) is 8.03. The Hall–Kier alpha value is -1.03. The number of carbonyl (C=O) groups is 1. The molecule has 0 amide bonds. The lowest BCUT2D eigenvalue weighted by Gasteiger charge is -2.14. The van der Waals surface area contributed by atoms with Gasteiger partial charge >= 0.3 is 6.16 Å². The fourth-order valence-corrected chi connectivity index (χ4v) is 1.04. The van der Waals surface area contributed by atoms with Gasteiger partial charge in [0.15, 0.2) is 11.4 Å². The van der Waals surface area contributed by atoms with Gasteiger partial charge in [0.1, 0.15) is 0 Å². The van der Waals surface area contributed by atoms with E-state index in [1.54, 1.807) is 19.9 Å². The van der Waals surface area contributed by atoms with Crippen LogP contribution in [0.15, 0.2) is 11.8 Å². The fourth-order valence-electron chi connectivity index (χ4n) is 1.04. The van der Waals surface area contributed by atoms with Crippen LogP contribution in [0.4, 0.5) is 4.79 Å². The highest BCUT2D eigenvalue weighted by molar-refractivity contribution is 5.66. The minimum absolute atomic E-state index is 0.0249. The van der Waals surface area contributed by atoms with Crippen molar-refractivity contribution in [3.05, 3.63) is 11.8 Å². The standard InChI is InChI=1S/C9H14O4/c1-6(5-10)4-7-9(2,3)13-8(11)12-7/h4,6,10H,5H2,1-3H3/b7-4+. The van der Waals surface area contributed by atoms with E-state index in [1.165, 1.54) is 0 Å². The van der Waals surface area contributed by atoms with Crippen molar-refractivity contribution < 1.29 is 19.4 Å². The first-order valence-corrected chi connectivity index (χ1v) is 4.19. The Balaban J connectivity index is 2.80. The molecule has 1 heterocycles. The SMILES string of the molecule is CC(/C=C1/OC(=O)OC1(C)C)CO. The zero-order valence-electron chi connectivity index (χ0n) is 8.03. The van der Waals surface area contributed by atoms with E-state index < -0.39 is 11.8 Å². The lowest BCUT2D eigenvalue weighted by atomic mass is 10.0. The highest BCUT2D eigenvalue weighted by Crippen LogP contribution is 2.30. The summed E-state index contributed by atoms with van der Waals surface area (Å²) in [6, 6.07) is 0. The Morgan fingerprint density at radius 3 is 2.62 bits per heavy atom. The summed E-state index contributed by atoms with van der Waals surface area (Å²) in [5.74, 6) is 0.433. The molecule has 1 saturated heterocycles. The van der Waals surface area contributed by atoms with Gasteiger partial charge < -0.3 is 14.6 Å². The second-order valence-corrected chi connectivity index (χ2v) is 3.66. The van der Waals surface area contributed by atoms with Gasteiger partial charge in [0.2, 0.25) is 0 Å². The van der Waals surface area contributed by atoms with Gasteiger partial charge in [0.05, 0.1) is 0 Å². The third-order valence-electron chi connectivity index (χ3n) is 1.85. The first-order valence-electron chi connectivity index (χ1n) is 4.19. The van der Waals surface area contributed by atoms with Crippen LogP contribution in [0.1, 0.15) is 20.8 Å². The lowest BCUT2D eigenvalue weighted by Crippen LogP contribution is -2.21. The molecule has 74 valence electrons.